The van der Waals surface area contributed by atoms with Crippen LogP contribution in [-0.2, 0) is 0 Å². The molecule has 0 spiro atoms. The second kappa shape index (κ2) is 8.84. The first-order chi connectivity index (χ1) is 15.4. The Labute approximate surface area is 195 Å². The molecule has 7 heteroatoms. The fraction of sp³-hybridized carbons (Fsp3) is 0.160. The standard InChI is InChI=1S/C25H21BrN6/c1-16-12-18(17(2)31(16)21-10-8-20(26)9-11-21)13-19(14-27)24-23(15-28)25(29)32(30-24)22-6-4-3-5-7-22/h3-13,23,25H,29H2,1-2H3/b19-13-/t23-,25-/m1/s1. The normalized spacial score (nSPS) is 18.2. The van der Waals surface area contributed by atoms with E-state index in [0.29, 0.717) is 11.3 Å². The quantitative estimate of drug-likeness (QED) is 0.523. The maximum Gasteiger partial charge on any atom is 0.127 e. The van der Waals surface area contributed by atoms with Gasteiger partial charge in [0.1, 0.15) is 18.2 Å². The topological polar surface area (TPSA) is 94.1 Å². The van der Waals surface area contributed by atoms with Gasteiger partial charge in [0.2, 0.25) is 0 Å². The minimum Gasteiger partial charge on any atom is -0.318 e. The number of hydrazone groups is 1. The SMILES string of the molecule is Cc1cc(/C=C(/C#N)C2=NN(c3ccccc3)[C@@H](N)[C@@H]2C#N)c(C)n1-c1ccc(Br)cc1. The summed E-state index contributed by atoms with van der Waals surface area (Å²) in [5, 5.41) is 25.9. The molecule has 2 heterocycles. The summed E-state index contributed by atoms with van der Waals surface area (Å²) in [5.74, 6) is -0.712. The van der Waals surface area contributed by atoms with Crippen LogP contribution in [0.2, 0.25) is 0 Å². The molecule has 6 nitrogen and oxygen atoms in total. The fourth-order valence-electron chi connectivity index (χ4n) is 3.96. The highest BCUT2D eigenvalue weighted by Crippen LogP contribution is 2.30. The van der Waals surface area contributed by atoms with E-state index in [4.69, 9.17) is 5.73 Å². The van der Waals surface area contributed by atoms with E-state index in [-0.39, 0.29) is 0 Å². The number of aromatic nitrogens is 1. The molecule has 4 rings (SSSR count). The van der Waals surface area contributed by atoms with Crippen LogP contribution >= 0.6 is 15.9 Å². The lowest BCUT2D eigenvalue weighted by atomic mass is 9.95. The van der Waals surface area contributed by atoms with Gasteiger partial charge in [-0.05, 0) is 68.0 Å². The monoisotopic (exact) mass is 484 g/mol. The van der Waals surface area contributed by atoms with E-state index in [1.54, 1.807) is 11.1 Å². The molecule has 2 atom stereocenters. The lowest BCUT2D eigenvalue weighted by Gasteiger charge is -2.21. The van der Waals surface area contributed by atoms with E-state index in [2.05, 4.69) is 37.7 Å². The summed E-state index contributed by atoms with van der Waals surface area (Å²) in [6, 6.07) is 24.0. The molecular weight excluding hydrogens is 464 g/mol. The highest BCUT2D eigenvalue weighted by Gasteiger charge is 2.37. The van der Waals surface area contributed by atoms with Crippen LogP contribution in [0.5, 0.6) is 0 Å². The van der Waals surface area contributed by atoms with Gasteiger partial charge < -0.3 is 10.3 Å². The van der Waals surface area contributed by atoms with E-state index in [9.17, 15) is 10.5 Å². The molecule has 0 bridgehead atoms. The van der Waals surface area contributed by atoms with E-state index in [0.717, 1.165) is 32.8 Å². The number of nitrogens with two attached hydrogens (primary N) is 1. The molecule has 32 heavy (non-hydrogen) atoms. The van der Waals surface area contributed by atoms with Crippen LogP contribution < -0.4 is 10.7 Å². The molecule has 0 saturated heterocycles. The number of anilines is 1. The molecule has 0 radical (unpaired) electrons. The lowest BCUT2D eigenvalue weighted by molar-refractivity contribution is 0.624. The summed E-state index contributed by atoms with van der Waals surface area (Å²) in [7, 11) is 0. The highest BCUT2D eigenvalue weighted by molar-refractivity contribution is 9.10. The summed E-state index contributed by atoms with van der Waals surface area (Å²) >= 11 is 3.47. The zero-order valence-electron chi connectivity index (χ0n) is 17.7. The van der Waals surface area contributed by atoms with Crippen LogP contribution in [0.4, 0.5) is 5.69 Å². The van der Waals surface area contributed by atoms with E-state index in [1.165, 1.54) is 0 Å². The first kappa shape index (κ1) is 21.6. The Hall–Kier alpha value is -3.65. The van der Waals surface area contributed by atoms with Crippen LogP contribution in [0, 0.1) is 42.4 Å². The number of allylic oxidation sites excluding steroid dienone is 1. The third-order valence-electron chi connectivity index (χ3n) is 5.55. The number of halogens is 1. The molecule has 0 unspecified atom stereocenters. The van der Waals surface area contributed by atoms with Crippen molar-refractivity contribution in [1.82, 2.24) is 4.57 Å². The second-order valence-electron chi connectivity index (χ2n) is 7.57. The van der Waals surface area contributed by atoms with Gasteiger partial charge in [0.15, 0.2) is 0 Å². The third kappa shape index (κ3) is 3.85. The minimum absolute atomic E-state index is 0.335. The number of benzene rings is 2. The molecule has 1 aromatic heterocycles. The average Bonchev–Trinajstić information content (AvgIpc) is 3.28. The number of hydrogen-bond acceptors (Lipinski definition) is 5. The Morgan fingerprint density at radius 2 is 1.75 bits per heavy atom. The first-order valence-electron chi connectivity index (χ1n) is 10.1. The molecule has 0 fully saturated rings. The number of nitriles is 2. The predicted molar refractivity (Wildman–Crippen MR) is 130 cm³/mol. The lowest BCUT2D eigenvalue weighted by Crippen LogP contribution is -2.40. The summed E-state index contributed by atoms with van der Waals surface area (Å²) < 4.78 is 3.14. The molecule has 158 valence electrons. The number of para-hydroxylation sites is 1. The van der Waals surface area contributed by atoms with Gasteiger partial charge in [0.05, 0.1) is 23.0 Å². The third-order valence-corrected chi connectivity index (χ3v) is 6.07. The summed E-state index contributed by atoms with van der Waals surface area (Å²) in [5.41, 5.74) is 11.8. The van der Waals surface area contributed by atoms with Gasteiger partial charge in [0, 0.05) is 21.5 Å². The maximum absolute atomic E-state index is 9.94. The van der Waals surface area contributed by atoms with E-state index in [1.807, 2.05) is 74.5 Å². The van der Waals surface area contributed by atoms with Gasteiger partial charge in [-0.15, -0.1) is 0 Å². The molecule has 1 aliphatic rings. The zero-order chi connectivity index (χ0) is 22.8. The van der Waals surface area contributed by atoms with Crippen molar-refractivity contribution in [2.75, 3.05) is 5.01 Å². The van der Waals surface area contributed by atoms with Gasteiger partial charge in [-0.2, -0.15) is 15.6 Å². The van der Waals surface area contributed by atoms with Gasteiger partial charge in [-0.25, -0.2) is 5.01 Å². The number of aryl methyl sites for hydroxylation is 1. The van der Waals surface area contributed by atoms with E-state index < -0.39 is 12.1 Å². The number of nitrogens with zero attached hydrogens (tertiary/aromatic N) is 5. The molecule has 2 aromatic carbocycles. The Bertz CT molecular complexity index is 1290. The van der Waals surface area contributed by atoms with Crippen LogP contribution in [0.1, 0.15) is 17.0 Å². The Morgan fingerprint density at radius 1 is 1.06 bits per heavy atom. The first-order valence-corrected chi connectivity index (χ1v) is 10.9. The average molecular weight is 485 g/mol. The fourth-order valence-corrected chi connectivity index (χ4v) is 4.22. The van der Waals surface area contributed by atoms with Gasteiger partial charge in [-0.1, -0.05) is 34.1 Å². The number of hydrogen-bond donors (Lipinski definition) is 1. The molecular formula is C25H21BrN6. The molecule has 3 aromatic rings. The van der Waals surface area contributed by atoms with Crippen molar-refractivity contribution in [3.63, 3.8) is 0 Å². The second-order valence-corrected chi connectivity index (χ2v) is 8.49. The largest absolute Gasteiger partial charge is 0.318 e. The van der Waals surface area contributed by atoms with Crippen molar-refractivity contribution < 1.29 is 0 Å². The van der Waals surface area contributed by atoms with Crippen molar-refractivity contribution in [2.45, 2.75) is 20.0 Å². The van der Waals surface area contributed by atoms with Crippen LogP contribution in [0.25, 0.3) is 11.8 Å². The number of rotatable bonds is 4. The van der Waals surface area contributed by atoms with E-state index >= 15 is 0 Å². The maximum atomic E-state index is 9.94. The van der Waals surface area contributed by atoms with Crippen LogP contribution in [-0.4, -0.2) is 16.4 Å². The highest BCUT2D eigenvalue weighted by atomic mass is 79.9. The molecule has 0 amide bonds. The summed E-state index contributed by atoms with van der Waals surface area (Å²) in [4.78, 5) is 0. The van der Waals surface area contributed by atoms with Crippen molar-refractivity contribution in [3.8, 4) is 17.8 Å². The Morgan fingerprint density at radius 3 is 2.38 bits per heavy atom. The predicted octanol–water partition coefficient (Wildman–Crippen LogP) is 5.06. The minimum atomic E-state index is -0.712. The van der Waals surface area contributed by atoms with Gasteiger partial charge in [-0.3, -0.25) is 0 Å². The van der Waals surface area contributed by atoms with Gasteiger partial charge in [0.25, 0.3) is 0 Å². The molecule has 1 aliphatic heterocycles. The molecule has 0 aliphatic carbocycles. The van der Waals surface area contributed by atoms with Crippen LogP contribution in [0.15, 0.2) is 75.8 Å². The summed E-state index contributed by atoms with van der Waals surface area (Å²) in [6.07, 6.45) is 1.13. The van der Waals surface area contributed by atoms with Crippen LogP contribution in [0.3, 0.4) is 0 Å². The van der Waals surface area contributed by atoms with Crippen molar-refractivity contribution >= 4 is 33.4 Å². The molecule has 2 N–H and O–H groups in total. The van der Waals surface area contributed by atoms with Crippen molar-refractivity contribution in [1.29, 1.82) is 10.5 Å². The van der Waals surface area contributed by atoms with Gasteiger partial charge >= 0.3 is 0 Å². The van der Waals surface area contributed by atoms with Crippen molar-refractivity contribution in [3.05, 3.63) is 87.7 Å². The summed E-state index contributed by atoms with van der Waals surface area (Å²) in [6.45, 7) is 4.03. The Kier molecular flexibility index (Phi) is 5.96. The zero-order valence-corrected chi connectivity index (χ0v) is 19.3. The molecule has 0 saturated carbocycles. The smallest absolute Gasteiger partial charge is 0.127 e. The van der Waals surface area contributed by atoms with Crippen molar-refractivity contribution in [2.24, 2.45) is 16.8 Å². The Balaban J connectivity index is 1.76.